The zero-order valence-corrected chi connectivity index (χ0v) is 14.3. The van der Waals surface area contributed by atoms with Gasteiger partial charge in [0.05, 0.1) is 0 Å². The van der Waals surface area contributed by atoms with Gasteiger partial charge in [0.15, 0.2) is 0 Å². The van der Waals surface area contributed by atoms with Gasteiger partial charge in [0.25, 0.3) is 11.5 Å². The maximum Gasteiger partial charge on any atom is 0.274 e. The highest BCUT2D eigenvalue weighted by molar-refractivity contribution is 5.99. The number of aromatic nitrogens is 2. The number of aromatic amines is 1. The van der Waals surface area contributed by atoms with Gasteiger partial charge in [-0.1, -0.05) is 31.2 Å². The fourth-order valence-corrected chi connectivity index (χ4v) is 3.43. The van der Waals surface area contributed by atoms with E-state index in [9.17, 15) is 9.59 Å². The van der Waals surface area contributed by atoms with Crippen LogP contribution in [-0.2, 0) is 12.5 Å². The van der Waals surface area contributed by atoms with E-state index in [1.165, 1.54) is 0 Å². The Kier molecular flexibility index (Phi) is 4.18. The lowest BCUT2D eigenvalue weighted by Crippen LogP contribution is -2.27. The molecule has 24 heavy (non-hydrogen) atoms. The van der Waals surface area contributed by atoms with Crippen LogP contribution in [0.2, 0.25) is 0 Å². The number of pyridine rings is 1. The average Bonchev–Trinajstić information content (AvgIpc) is 3.04. The fourth-order valence-electron chi connectivity index (χ4n) is 3.43. The lowest BCUT2D eigenvalue weighted by molar-refractivity contribution is 0.0951. The Morgan fingerprint density at radius 3 is 2.79 bits per heavy atom. The number of H-pyrrole nitrogens is 1. The fraction of sp³-hybridized carbons (Fsp3) is 0.368. The third-order valence-electron chi connectivity index (χ3n) is 4.86. The molecule has 0 aliphatic heterocycles. The number of carbonyl (C=O) groups excluding carboxylic acids is 1. The Morgan fingerprint density at radius 2 is 2.17 bits per heavy atom. The Balaban J connectivity index is 2.26. The minimum absolute atomic E-state index is 0.120. The Morgan fingerprint density at radius 1 is 1.38 bits per heavy atom. The highest BCUT2D eigenvalue weighted by Gasteiger charge is 2.31. The average molecular weight is 325 g/mol. The number of nitrogens with zero attached hydrogens (tertiary/aromatic N) is 1. The van der Waals surface area contributed by atoms with Crippen molar-refractivity contribution in [2.75, 3.05) is 6.54 Å². The van der Waals surface area contributed by atoms with Crippen LogP contribution >= 0.6 is 0 Å². The van der Waals surface area contributed by atoms with Crippen molar-refractivity contribution in [1.82, 2.24) is 14.9 Å². The van der Waals surface area contributed by atoms with Crippen molar-refractivity contribution in [3.05, 3.63) is 58.2 Å². The first-order valence-electron chi connectivity index (χ1n) is 8.38. The topological polar surface area (TPSA) is 66.9 Å². The summed E-state index contributed by atoms with van der Waals surface area (Å²) in [5.41, 5.74) is 1.73. The molecule has 1 aliphatic carbocycles. The molecule has 1 aliphatic rings. The molecule has 2 aromatic heterocycles. The molecule has 0 radical (unpaired) electrons. The lowest BCUT2D eigenvalue weighted by Gasteiger charge is -2.31. The normalized spacial score (nSPS) is 19.8. The van der Waals surface area contributed by atoms with Crippen molar-refractivity contribution in [3.8, 4) is 0 Å². The molecular weight excluding hydrogens is 302 g/mol. The number of nitrogens with one attached hydrogen (secondary N) is 2. The molecule has 0 aromatic carbocycles. The third-order valence-corrected chi connectivity index (χ3v) is 4.86. The smallest absolute Gasteiger partial charge is 0.274 e. The standard InChI is InChI=1S/C19H23N3O2/c1-4-19(9-7-6-8-10-19)14-12-22(3)18(24)16-13(14)11-15(21-16)17(23)20-5-2/h6-9,11-12,21H,4-5,10H2,1-3H3,(H,20,23). The number of hydrogen-bond donors (Lipinski definition) is 2. The summed E-state index contributed by atoms with van der Waals surface area (Å²) in [7, 11) is 1.75. The second kappa shape index (κ2) is 6.15. The van der Waals surface area contributed by atoms with E-state index in [2.05, 4.69) is 35.5 Å². The molecule has 1 amide bonds. The molecule has 126 valence electrons. The predicted molar refractivity (Wildman–Crippen MR) is 96.4 cm³/mol. The summed E-state index contributed by atoms with van der Waals surface area (Å²) < 4.78 is 1.60. The van der Waals surface area contributed by atoms with Gasteiger partial charge in [0.2, 0.25) is 0 Å². The van der Waals surface area contributed by atoms with Crippen molar-refractivity contribution >= 4 is 16.8 Å². The van der Waals surface area contributed by atoms with Gasteiger partial charge in [-0.05, 0) is 31.4 Å². The minimum atomic E-state index is -0.189. The SMILES string of the molecule is CCNC(=O)c1cc2c(C3(CC)C=CC=CC3)cn(C)c(=O)c2[nH]1. The van der Waals surface area contributed by atoms with Gasteiger partial charge in [-0.15, -0.1) is 0 Å². The van der Waals surface area contributed by atoms with Gasteiger partial charge >= 0.3 is 0 Å². The quantitative estimate of drug-likeness (QED) is 0.908. The zero-order chi connectivity index (χ0) is 17.3. The van der Waals surface area contributed by atoms with E-state index in [1.54, 1.807) is 17.7 Å². The summed E-state index contributed by atoms with van der Waals surface area (Å²) >= 11 is 0. The van der Waals surface area contributed by atoms with Crippen molar-refractivity contribution in [1.29, 1.82) is 0 Å². The van der Waals surface area contributed by atoms with Crippen molar-refractivity contribution < 1.29 is 4.79 Å². The summed E-state index contributed by atoms with van der Waals surface area (Å²) in [4.78, 5) is 27.7. The lowest BCUT2D eigenvalue weighted by atomic mass is 9.73. The molecule has 0 saturated heterocycles. The molecule has 0 fully saturated rings. The van der Waals surface area contributed by atoms with E-state index in [0.29, 0.717) is 17.8 Å². The van der Waals surface area contributed by atoms with Crippen LogP contribution in [0.3, 0.4) is 0 Å². The van der Waals surface area contributed by atoms with Gasteiger partial charge < -0.3 is 14.9 Å². The second-order valence-corrected chi connectivity index (χ2v) is 6.29. The summed E-state index contributed by atoms with van der Waals surface area (Å²) in [5.74, 6) is -0.189. The largest absolute Gasteiger partial charge is 0.351 e. The number of rotatable bonds is 4. The molecular formula is C19H23N3O2. The van der Waals surface area contributed by atoms with Crippen LogP contribution < -0.4 is 10.9 Å². The van der Waals surface area contributed by atoms with Crippen LogP contribution in [0.1, 0.15) is 42.7 Å². The third kappa shape index (κ3) is 2.50. The molecule has 2 aromatic rings. The number of aryl methyl sites for hydroxylation is 1. The van der Waals surface area contributed by atoms with Crippen molar-refractivity contribution in [3.63, 3.8) is 0 Å². The van der Waals surface area contributed by atoms with E-state index >= 15 is 0 Å². The van der Waals surface area contributed by atoms with Gasteiger partial charge in [0.1, 0.15) is 11.2 Å². The monoisotopic (exact) mass is 325 g/mol. The molecule has 5 nitrogen and oxygen atoms in total. The summed E-state index contributed by atoms with van der Waals surface area (Å²) in [6.45, 7) is 4.57. The van der Waals surface area contributed by atoms with Gasteiger partial charge in [0, 0.05) is 30.6 Å². The molecule has 5 heteroatoms. The van der Waals surface area contributed by atoms with Crippen LogP contribution in [0, 0.1) is 0 Å². The summed E-state index contributed by atoms with van der Waals surface area (Å²) in [6, 6.07) is 1.81. The van der Waals surface area contributed by atoms with E-state index in [-0.39, 0.29) is 16.9 Å². The highest BCUT2D eigenvalue weighted by Crippen LogP contribution is 2.39. The highest BCUT2D eigenvalue weighted by atomic mass is 16.2. The first-order chi connectivity index (χ1) is 11.5. The minimum Gasteiger partial charge on any atom is -0.351 e. The van der Waals surface area contributed by atoms with E-state index in [4.69, 9.17) is 0 Å². The maximum absolute atomic E-state index is 12.5. The van der Waals surface area contributed by atoms with Crippen LogP contribution in [0.15, 0.2) is 41.4 Å². The molecule has 0 spiro atoms. The van der Waals surface area contributed by atoms with E-state index < -0.39 is 0 Å². The van der Waals surface area contributed by atoms with Crippen LogP contribution in [0.25, 0.3) is 10.9 Å². The van der Waals surface area contributed by atoms with Crippen LogP contribution in [0.5, 0.6) is 0 Å². The molecule has 0 bridgehead atoms. The van der Waals surface area contributed by atoms with Crippen molar-refractivity contribution in [2.45, 2.75) is 32.1 Å². The number of amides is 1. The molecule has 1 atom stereocenters. The van der Waals surface area contributed by atoms with E-state index in [1.807, 2.05) is 19.2 Å². The summed E-state index contributed by atoms with van der Waals surface area (Å²) in [6.07, 6.45) is 12.2. The van der Waals surface area contributed by atoms with Gasteiger partial charge in [-0.2, -0.15) is 0 Å². The molecule has 3 rings (SSSR count). The maximum atomic E-state index is 12.5. The predicted octanol–water partition coefficient (Wildman–Crippen LogP) is 2.78. The van der Waals surface area contributed by atoms with Gasteiger partial charge in [-0.25, -0.2) is 0 Å². The Bertz CT molecular complexity index is 901. The van der Waals surface area contributed by atoms with Crippen molar-refractivity contribution in [2.24, 2.45) is 7.05 Å². The van der Waals surface area contributed by atoms with Gasteiger partial charge in [-0.3, -0.25) is 9.59 Å². The molecule has 2 N–H and O–H groups in total. The van der Waals surface area contributed by atoms with Crippen LogP contribution in [0.4, 0.5) is 0 Å². The zero-order valence-electron chi connectivity index (χ0n) is 14.3. The second-order valence-electron chi connectivity index (χ2n) is 6.29. The molecule has 2 heterocycles. The Hall–Kier alpha value is -2.56. The molecule has 0 saturated carbocycles. The Labute approximate surface area is 141 Å². The number of allylic oxidation sites excluding steroid dienone is 4. The number of hydrogen-bond acceptors (Lipinski definition) is 2. The first kappa shape index (κ1) is 16.3. The van der Waals surface area contributed by atoms with E-state index in [0.717, 1.165) is 23.8 Å². The van der Waals surface area contributed by atoms with Crippen LogP contribution in [-0.4, -0.2) is 22.0 Å². The summed E-state index contributed by atoms with van der Waals surface area (Å²) in [5, 5.41) is 3.61. The number of fused-ring (bicyclic) bond motifs is 1. The number of carbonyl (C=O) groups is 1. The first-order valence-corrected chi connectivity index (χ1v) is 8.38. The molecule has 1 unspecified atom stereocenters.